The standard InChI is InChI=1S/C13H19Cl2NO3/c1-2-18-5-6-19-9-11(17)8-16-13-4-3-10(14)7-12(13)15/h3-4,7,11,16-17H,2,5-6,8-9H2,1H3. The van der Waals surface area contributed by atoms with E-state index in [0.717, 1.165) is 5.69 Å². The molecule has 0 bridgehead atoms. The third-order valence-corrected chi connectivity index (χ3v) is 2.89. The first kappa shape index (κ1) is 16.5. The Bertz CT molecular complexity index is 377. The molecule has 0 amide bonds. The number of rotatable bonds is 9. The number of nitrogens with one attached hydrogen (secondary N) is 1. The maximum absolute atomic E-state index is 9.72. The molecule has 0 aliphatic carbocycles. The van der Waals surface area contributed by atoms with Crippen LogP contribution >= 0.6 is 23.2 Å². The van der Waals surface area contributed by atoms with E-state index in [1.165, 1.54) is 0 Å². The summed E-state index contributed by atoms with van der Waals surface area (Å²) in [6.45, 7) is 4.23. The first-order chi connectivity index (χ1) is 9.13. The van der Waals surface area contributed by atoms with Gasteiger partial charge in [0, 0.05) is 18.2 Å². The van der Waals surface area contributed by atoms with Gasteiger partial charge in [-0.3, -0.25) is 0 Å². The molecule has 0 saturated heterocycles. The number of benzene rings is 1. The summed E-state index contributed by atoms with van der Waals surface area (Å²) in [5.74, 6) is 0. The Hall–Kier alpha value is -0.520. The predicted octanol–water partition coefficient (Wildman–Crippen LogP) is 2.82. The van der Waals surface area contributed by atoms with E-state index < -0.39 is 6.10 Å². The number of anilines is 1. The van der Waals surface area contributed by atoms with Crippen LogP contribution in [0.3, 0.4) is 0 Å². The fourth-order valence-electron chi connectivity index (χ4n) is 1.40. The Balaban J connectivity index is 2.20. The second-order valence-electron chi connectivity index (χ2n) is 3.93. The van der Waals surface area contributed by atoms with Crippen LogP contribution in [0.25, 0.3) is 0 Å². The molecule has 0 aromatic heterocycles. The molecule has 1 rings (SSSR count). The van der Waals surface area contributed by atoms with Crippen LogP contribution in [0.2, 0.25) is 10.0 Å². The van der Waals surface area contributed by atoms with Gasteiger partial charge in [0.05, 0.1) is 36.6 Å². The van der Waals surface area contributed by atoms with Crippen LogP contribution in [0.4, 0.5) is 5.69 Å². The van der Waals surface area contributed by atoms with Crippen LogP contribution in [-0.2, 0) is 9.47 Å². The van der Waals surface area contributed by atoms with Crippen molar-refractivity contribution in [3.8, 4) is 0 Å². The maximum Gasteiger partial charge on any atom is 0.0945 e. The van der Waals surface area contributed by atoms with Crippen molar-refractivity contribution in [3.63, 3.8) is 0 Å². The quantitative estimate of drug-likeness (QED) is 0.689. The molecule has 0 radical (unpaired) electrons. The lowest BCUT2D eigenvalue weighted by Crippen LogP contribution is -2.25. The number of hydrogen-bond acceptors (Lipinski definition) is 4. The Morgan fingerprint density at radius 1 is 1.26 bits per heavy atom. The van der Waals surface area contributed by atoms with Gasteiger partial charge in [0.15, 0.2) is 0 Å². The first-order valence-electron chi connectivity index (χ1n) is 6.16. The van der Waals surface area contributed by atoms with Crippen molar-refractivity contribution in [2.45, 2.75) is 13.0 Å². The molecule has 0 spiro atoms. The Morgan fingerprint density at radius 3 is 2.68 bits per heavy atom. The summed E-state index contributed by atoms with van der Waals surface area (Å²) in [5.41, 5.74) is 0.736. The molecule has 1 unspecified atom stereocenters. The van der Waals surface area contributed by atoms with Gasteiger partial charge in [-0.1, -0.05) is 23.2 Å². The lowest BCUT2D eigenvalue weighted by molar-refractivity contribution is 0.0103. The van der Waals surface area contributed by atoms with Crippen LogP contribution in [0, 0.1) is 0 Å². The second kappa shape index (κ2) is 9.39. The van der Waals surface area contributed by atoms with Crippen molar-refractivity contribution < 1.29 is 14.6 Å². The average Bonchev–Trinajstić information content (AvgIpc) is 2.37. The Kier molecular flexibility index (Phi) is 8.18. The fraction of sp³-hybridized carbons (Fsp3) is 0.538. The fourth-order valence-corrected chi connectivity index (χ4v) is 1.88. The first-order valence-corrected chi connectivity index (χ1v) is 6.91. The van der Waals surface area contributed by atoms with E-state index in [1.807, 2.05) is 6.92 Å². The molecule has 0 fully saturated rings. The molecule has 0 aliphatic rings. The third kappa shape index (κ3) is 6.99. The van der Waals surface area contributed by atoms with Gasteiger partial charge in [0.25, 0.3) is 0 Å². The zero-order valence-corrected chi connectivity index (χ0v) is 12.4. The van der Waals surface area contributed by atoms with Gasteiger partial charge in [-0.2, -0.15) is 0 Å². The average molecular weight is 308 g/mol. The summed E-state index contributed by atoms with van der Waals surface area (Å²) < 4.78 is 10.4. The van der Waals surface area contributed by atoms with Gasteiger partial charge in [-0.15, -0.1) is 0 Å². The van der Waals surface area contributed by atoms with Crippen LogP contribution < -0.4 is 5.32 Å². The molecular weight excluding hydrogens is 289 g/mol. The summed E-state index contributed by atoms with van der Waals surface area (Å²) >= 11 is 11.8. The molecule has 108 valence electrons. The second-order valence-corrected chi connectivity index (χ2v) is 4.77. The molecule has 0 heterocycles. The third-order valence-electron chi connectivity index (χ3n) is 2.35. The van der Waals surface area contributed by atoms with Crippen molar-refractivity contribution >= 4 is 28.9 Å². The highest BCUT2D eigenvalue weighted by molar-refractivity contribution is 6.36. The predicted molar refractivity (Wildman–Crippen MR) is 78.3 cm³/mol. The molecule has 1 aromatic rings. The van der Waals surface area contributed by atoms with Crippen molar-refractivity contribution in [3.05, 3.63) is 28.2 Å². The molecule has 1 atom stereocenters. The monoisotopic (exact) mass is 307 g/mol. The highest BCUT2D eigenvalue weighted by Gasteiger charge is 2.06. The number of aliphatic hydroxyl groups excluding tert-OH is 1. The minimum atomic E-state index is -0.603. The van der Waals surface area contributed by atoms with E-state index in [4.69, 9.17) is 32.7 Å². The van der Waals surface area contributed by atoms with Gasteiger partial charge in [0.2, 0.25) is 0 Å². The minimum Gasteiger partial charge on any atom is -0.389 e. The van der Waals surface area contributed by atoms with Crippen LogP contribution in [0.15, 0.2) is 18.2 Å². The van der Waals surface area contributed by atoms with Gasteiger partial charge in [0.1, 0.15) is 0 Å². The summed E-state index contributed by atoms with van der Waals surface area (Å²) in [5, 5.41) is 13.9. The van der Waals surface area contributed by atoms with E-state index in [2.05, 4.69) is 5.32 Å². The van der Waals surface area contributed by atoms with Gasteiger partial charge < -0.3 is 19.9 Å². The van der Waals surface area contributed by atoms with E-state index >= 15 is 0 Å². The summed E-state index contributed by atoms with van der Waals surface area (Å²) in [6, 6.07) is 5.16. The highest BCUT2D eigenvalue weighted by atomic mass is 35.5. The number of ether oxygens (including phenoxy) is 2. The molecule has 4 nitrogen and oxygen atoms in total. The minimum absolute atomic E-state index is 0.255. The number of aliphatic hydroxyl groups is 1. The van der Waals surface area contributed by atoms with E-state index in [1.54, 1.807) is 18.2 Å². The van der Waals surface area contributed by atoms with E-state index in [-0.39, 0.29) is 6.61 Å². The van der Waals surface area contributed by atoms with E-state index in [0.29, 0.717) is 36.4 Å². The number of hydrogen-bond donors (Lipinski definition) is 2. The molecule has 6 heteroatoms. The Labute approximate surface area is 123 Å². The SMILES string of the molecule is CCOCCOCC(O)CNc1ccc(Cl)cc1Cl. The van der Waals surface area contributed by atoms with E-state index in [9.17, 15) is 5.11 Å². The highest BCUT2D eigenvalue weighted by Crippen LogP contribution is 2.25. The van der Waals surface area contributed by atoms with Crippen LogP contribution in [0.5, 0.6) is 0 Å². The largest absolute Gasteiger partial charge is 0.389 e. The molecule has 1 aromatic carbocycles. The number of halogens is 2. The topological polar surface area (TPSA) is 50.7 Å². The van der Waals surface area contributed by atoms with Crippen molar-refractivity contribution in [2.24, 2.45) is 0 Å². The Morgan fingerprint density at radius 2 is 2.00 bits per heavy atom. The van der Waals surface area contributed by atoms with Gasteiger partial charge in [-0.25, -0.2) is 0 Å². The van der Waals surface area contributed by atoms with Crippen LogP contribution in [0.1, 0.15) is 6.92 Å². The zero-order valence-electron chi connectivity index (χ0n) is 10.9. The van der Waals surface area contributed by atoms with Crippen molar-refractivity contribution in [2.75, 3.05) is 38.3 Å². The zero-order chi connectivity index (χ0) is 14.1. The summed E-state index contributed by atoms with van der Waals surface area (Å²) in [6.07, 6.45) is -0.603. The van der Waals surface area contributed by atoms with Gasteiger partial charge >= 0.3 is 0 Å². The molecular formula is C13H19Cl2NO3. The van der Waals surface area contributed by atoms with Crippen molar-refractivity contribution in [1.29, 1.82) is 0 Å². The normalized spacial score (nSPS) is 12.4. The van der Waals surface area contributed by atoms with Crippen molar-refractivity contribution in [1.82, 2.24) is 0 Å². The molecule has 19 heavy (non-hydrogen) atoms. The summed E-state index contributed by atoms with van der Waals surface area (Å²) in [7, 11) is 0. The maximum atomic E-state index is 9.72. The van der Waals surface area contributed by atoms with Gasteiger partial charge in [-0.05, 0) is 25.1 Å². The summed E-state index contributed by atoms with van der Waals surface area (Å²) in [4.78, 5) is 0. The molecule has 0 aliphatic heterocycles. The van der Waals surface area contributed by atoms with Crippen LogP contribution in [-0.4, -0.2) is 44.2 Å². The lowest BCUT2D eigenvalue weighted by Gasteiger charge is -2.14. The molecule has 0 saturated carbocycles. The lowest BCUT2D eigenvalue weighted by atomic mass is 10.3. The smallest absolute Gasteiger partial charge is 0.0945 e. The molecule has 2 N–H and O–H groups in total.